The summed E-state index contributed by atoms with van der Waals surface area (Å²) in [5.41, 5.74) is 4.20. The topological polar surface area (TPSA) is 85.5 Å². The van der Waals surface area contributed by atoms with Gasteiger partial charge in [-0.2, -0.15) is 0 Å². The quantitative estimate of drug-likeness (QED) is 0.371. The highest BCUT2D eigenvalue weighted by atomic mass is 16.5. The van der Waals surface area contributed by atoms with Gasteiger partial charge in [-0.15, -0.1) is 0 Å². The largest absolute Gasteiger partial charge is 0.494 e. The summed E-state index contributed by atoms with van der Waals surface area (Å²) in [6.07, 6.45) is 5.44. The van der Waals surface area contributed by atoms with E-state index in [2.05, 4.69) is 21.3 Å². The van der Waals surface area contributed by atoms with Gasteiger partial charge in [0.05, 0.1) is 30.4 Å². The number of imidazole rings is 1. The number of fused-ring (bicyclic) bond motifs is 2. The average Bonchev–Trinajstić information content (AvgIpc) is 3.59. The lowest BCUT2D eigenvalue weighted by Crippen LogP contribution is -2.70. The van der Waals surface area contributed by atoms with E-state index < -0.39 is 0 Å². The zero-order valence-electron chi connectivity index (χ0n) is 23.4. The van der Waals surface area contributed by atoms with Crippen molar-refractivity contribution in [2.24, 2.45) is 30.7 Å². The van der Waals surface area contributed by atoms with E-state index in [0.717, 1.165) is 53.1 Å². The highest BCUT2D eigenvalue weighted by Gasteiger charge is 2.69. The standard InChI is InChI=1S/C31H34N6O3/c1-16(38)34(2)26-21-10-20-15-37(28(26)25(20)21)31(39)19-11-22-27(24(13-19)40-4)35(3)30(33-22)23-12-18-6-5-9-32-29(18)36(23)14-17-7-8-17/h5-6,9,11-13,17,20-21,25-26,28H,7-8,10,14-15H2,1-4H3/t20-,21?,25+,26?,28+/m1/s1. The van der Waals surface area contributed by atoms with Gasteiger partial charge in [-0.25, -0.2) is 9.97 Å². The van der Waals surface area contributed by atoms with E-state index in [0.29, 0.717) is 35.0 Å². The Hall–Kier alpha value is -3.88. The molecule has 1 saturated heterocycles. The highest BCUT2D eigenvalue weighted by molar-refractivity contribution is 6.00. The Labute approximate surface area is 232 Å². The third kappa shape index (κ3) is 3.20. The third-order valence-corrected chi connectivity index (χ3v) is 10.2. The maximum Gasteiger partial charge on any atom is 0.254 e. The maximum atomic E-state index is 14.0. The molecule has 0 bridgehead atoms. The normalized spacial score (nSPS) is 26.5. The number of likely N-dealkylation sites (N-methyl/N-ethyl adjacent to an activating group) is 1. The molecule has 0 spiro atoms. The zero-order chi connectivity index (χ0) is 27.4. The van der Waals surface area contributed by atoms with Crippen molar-refractivity contribution in [2.45, 2.75) is 44.8 Å². The number of hydrogen-bond donors (Lipinski definition) is 0. The summed E-state index contributed by atoms with van der Waals surface area (Å²) in [5.74, 6) is 3.79. The van der Waals surface area contributed by atoms with Gasteiger partial charge in [0, 0.05) is 51.3 Å². The zero-order valence-corrected chi connectivity index (χ0v) is 23.4. The molecule has 4 aliphatic rings. The van der Waals surface area contributed by atoms with Crippen molar-refractivity contribution in [2.75, 3.05) is 20.7 Å². The number of rotatable bonds is 6. The van der Waals surface area contributed by atoms with Crippen molar-refractivity contribution in [3.8, 4) is 17.3 Å². The number of benzene rings is 1. The highest BCUT2D eigenvalue weighted by Crippen LogP contribution is 2.62. The Morgan fingerprint density at radius 1 is 1.20 bits per heavy atom. The molecule has 3 saturated carbocycles. The first-order valence-electron chi connectivity index (χ1n) is 14.4. The van der Waals surface area contributed by atoms with Gasteiger partial charge in [-0.05, 0) is 73.3 Å². The lowest BCUT2D eigenvalue weighted by molar-refractivity contribution is -0.149. The van der Waals surface area contributed by atoms with Gasteiger partial charge in [-0.3, -0.25) is 9.59 Å². The van der Waals surface area contributed by atoms with Crippen molar-refractivity contribution in [1.82, 2.24) is 28.9 Å². The second kappa shape index (κ2) is 8.32. The minimum atomic E-state index is -0.000692. The number of aromatic nitrogens is 4. The van der Waals surface area contributed by atoms with Crippen LogP contribution < -0.4 is 4.74 Å². The van der Waals surface area contributed by atoms with Crippen molar-refractivity contribution >= 4 is 33.9 Å². The van der Waals surface area contributed by atoms with E-state index >= 15 is 0 Å². The predicted molar refractivity (Wildman–Crippen MR) is 151 cm³/mol. The monoisotopic (exact) mass is 538 g/mol. The number of hydrogen-bond acceptors (Lipinski definition) is 5. The summed E-state index contributed by atoms with van der Waals surface area (Å²) >= 11 is 0. The molecule has 4 heterocycles. The molecule has 9 nitrogen and oxygen atoms in total. The fourth-order valence-electron chi connectivity index (χ4n) is 7.96. The molecule has 9 heteroatoms. The first kappa shape index (κ1) is 24.0. The summed E-state index contributed by atoms with van der Waals surface area (Å²) in [4.78, 5) is 39.9. The van der Waals surface area contributed by atoms with Crippen LogP contribution >= 0.6 is 0 Å². The Kier molecular flexibility index (Phi) is 4.98. The molecule has 4 aromatic rings. The van der Waals surface area contributed by atoms with Crippen LogP contribution in [0.15, 0.2) is 36.5 Å². The number of carbonyl (C=O) groups is 2. The molecule has 4 fully saturated rings. The van der Waals surface area contributed by atoms with E-state index in [4.69, 9.17) is 14.7 Å². The van der Waals surface area contributed by atoms with Crippen molar-refractivity contribution < 1.29 is 14.3 Å². The van der Waals surface area contributed by atoms with E-state index in [9.17, 15) is 9.59 Å². The molecule has 1 aliphatic heterocycles. The second-order valence-corrected chi connectivity index (χ2v) is 12.3. The van der Waals surface area contributed by atoms with Crippen LogP contribution in [0.1, 0.15) is 36.5 Å². The molecule has 1 aromatic carbocycles. The van der Waals surface area contributed by atoms with Crippen LogP contribution in [0.3, 0.4) is 0 Å². The maximum absolute atomic E-state index is 14.0. The first-order chi connectivity index (χ1) is 19.4. The fraction of sp³-hybridized carbons (Fsp3) is 0.484. The van der Waals surface area contributed by atoms with Crippen LogP contribution in [-0.4, -0.2) is 73.5 Å². The van der Waals surface area contributed by atoms with Crippen LogP contribution in [0.4, 0.5) is 0 Å². The Bertz CT molecular complexity index is 1720. The number of ether oxygens (including phenoxy) is 1. The number of nitrogens with zero attached hydrogens (tertiary/aromatic N) is 6. The smallest absolute Gasteiger partial charge is 0.254 e. The fourth-order valence-corrected chi connectivity index (χ4v) is 7.96. The van der Waals surface area contributed by atoms with Crippen LogP contribution in [0.25, 0.3) is 33.6 Å². The van der Waals surface area contributed by atoms with E-state index in [1.165, 1.54) is 12.8 Å². The molecule has 206 valence electrons. The minimum Gasteiger partial charge on any atom is -0.494 e. The molecule has 2 unspecified atom stereocenters. The lowest BCUT2D eigenvalue weighted by Gasteiger charge is -2.61. The Morgan fingerprint density at radius 3 is 2.77 bits per heavy atom. The molecule has 0 radical (unpaired) electrons. The first-order valence-corrected chi connectivity index (χ1v) is 14.4. The van der Waals surface area contributed by atoms with Gasteiger partial charge in [-0.1, -0.05) is 0 Å². The molecule has 2 amide bonds. The molecule has 8 rings (SSSR count). The van der Waals surface area contributed by atoms with Gasteiger partial charge < -0.3 is 23.7 Å². The predicted octanol–water partition coefficient (Wildman–Crippen LogP) is 3.95. The Balaban J connectivity index is 1.20. The molecule has 5 atom stereocenters. The number of amides is 2. The minimum absolute atomic E-state index is 0.000692. The van der Waals surface area contributed by atoms with Crippen molar-refractivity contribution in [3.05, 3.63) is 42.1 Å². The van der Waals surface area contributed by atoms with Crippen molar-refractivity contribution in [1.29, 1.82) is 0 Å². The van der Waals surface area contributed by atoms with E-state index in [-0.39, 0.29) is 23.9 Å². The van der Waals surface area contributed by atoms with Crippen LogP contribution in [0.5, 0.6) is 5.75 Å². The summed E-state index contributed by atoms with van der Waals surface area (Å²) in [6.45, 7) is 3.30. The average molecular weight is 539 g/mol. The summed E-state index contributed by atoms with van der Waals surface area (Å²) in [7, 11) is 5.53. The van der Waals surface area contributed by atoms with Crippen LogP contribution in [0.2, 0.25) is 0 Å². The number of methoxy groups -OCH3 is 1. The molecule has 40 heavy (non-hydrogen) atoms. The van der Waals surface area contributed by atoms with E-state index in [1.54, 1.807) is 14.0 Å². The molecular formula is C31H34N6O3. The summed E-state index contributed by atoms with van der Waals surface area (Å²) < 4.78 is 10.2. The molecule has 0 N–H and O–H groups in total. The molecule has 3 aromatic heterocycles. The molecule has 3 aliphatic carbocycles. The summed E-state index contributed by atoms with van der Waals surface area (Å²) in [6, 6.07) is 10.2. The number of carbonyl (C=O) groups excluding carboxylic acids is 2. The number of aryl methyl sites for hydroxylation is 1. The molecular weight excluding hydrogens is 504 g/mol. The van der Waals surface area contributed by atoms with Crippen LogP contribution in [-0.2, 0) is 18.4 Å². The lowest BCUT2D eigenvalue weighted by atomic mass is 9.50. The Morgan fingerprint density at radius 2 is 2.02 bits per heavy atom. The number of likely N-dealkylation sites (tertiary alicyclic amines) is 1. The van der Waals surface area contributed by atoms with Gasteiger partial charge >= 0.3 is 0 Å². The SMILES string of the molecule is COc1cc(C(=O)N2C[C@H]3CC4C(N(C)C(C)=O)[C@@H]2[C@H]43)cc2nc(-c3cc4cccnc4n3CC3CC3)n(C)c12. The van der Waals surface area contributed by atoms with Gasteiger partial charge in [0.25, 0.3) is 5.91 Å². The second-order valence-electron chi connectivity index (χ2n) is 12.3. The van der Waals surface area contributed by atoms with Gasteiger partial charge in [0.15, 0.2) is 5.82 Å². The van der Waals surface area contributed by atoms with Crippen LogP contribution in [0, 0.1) is 23.7 Å². The summed E-state index contributed by atoms with van der Waals surface area (Å²) in [5, 5.41) is 1.10. The number of pyridine rings is 1. The van der Waals surface area contributed by atoms with E-state index in [1.807, 2.05) is 48.3 Å². The van der Waals surface area contributed by atoms with Gasteiger partial charge in [0.2, 0.25) is 5.91 Å². The third-order valence-electron chi connectivity index (χ3n) is 10.2. The van der Waals surface area contributed by atoms with Gasteiger partial charge in [0.1, 0.15) is 16.9 Å². The van der Waals surface area contributed by atoms with Crippen molar-refractivity contribution in [3.63, 3.8) is 0 Å².